The number of ether oxygens (including phenoxy) is 1. The second kappa shape index (κ2) is 4.68. The highest BCUT2D eigenvalue weighted by atomic mass is 16.5. The Morgan fingerprint density at radius 1 is 1.39 bits per heavy atom. The summed E-state index contributed by atoms with van der Waals surface area (Å²) in [4.78, 5) is 4.66. The Hall–Kier alpha value is -1.43. The van der Waals surface area contributed by atoms with E-state index >= 15 is 0 Å². The molecule has 2 atom stereocenters. The molecule has 2 aromatic rings. The zero-order valence-corrected chi connectivity index (χ0v) is 10.1. The first kappa shape index (κ1) is 11.6. The largest absolute Gasteiger partial charge is 0.395 e. The molecule has 0 amide bonds. The fourth-order valence-electron chi connectivity index (χ4n) is 2.55. The van der Waals surface area contributed by atoms with E-state index in [4.69, 9.17) is 10.5 Å². The lowest BCUT2D eigenvalue weighted by molar-refractivity contribution is 0.189. The highest BCUT2D eigenvalue weighted by Crippen LogP contribution is 2.27. The van der Waals surface area contributed by atoms with E-state index in [9.17, 15) is 5.11 Å². The normalized spacial score (nSPS) is 23.9. The molecule has 0 bridgehead atoms. The molecular weight excluding hydrogens is 230 g/mol. The molecule has 2 heterocycles. The van der Waals surface area contributed by atoms with Crippen LogP contribution in [0.2, 0.25) is 0 Å². The molecule has 0 saturated carbocycles. The Labute approximate surface area is 105 Å². The molecule has 1 aromatic heterocycles. The number of aliphatic hydroxyl groups excluding tert-OH is 1. The third-order valence-corrected chi connectivity index (χ3v) is 3.46. The van der Waals surface area contributed by atoms with Crippen LogP contribution in [-0.2, 0) is 11.3 Å². The van der Waals surface area contributed by atoms with Crippen molar-refractivity contribution in [3.05, 3.63) is 30.1 Å². The summed E-state index contributed by atoms with van der Waals surface area (Å²) in [7, 11) is 0. The molecule has 1 saturated heterocycles. The summed E-state index contributed by atoms with van der Waals surface area (Å²) in [5.41, 5.74) is 8.04. The third-order valence-electron chi connectivity index (χ3n) is 3.46. The Balaban J connectivity index is 2.12. The van der Waals surface area contributed by atoms with Gasteiger partial charge in [0.25, 0.3) is 0 Å². The molecule has 5 heteroatoms. The van der Waals surface area contributed by atoms with Gasteiger partial charge in [-0.05, 0) is 12.1 Å². The van der Waals surface area contributed by atoms with E-state index < -0.39 is 0 Å². The van der Waals surface area contributed by atoms with Crippen LogP contribution in [-0.4, -0.2) is 40.5 Å². The lowest BCUT2D eigenvalue weighted by Gasteiger charge is -2.15. The van der Waals surface area contributed by atoms with Gasteiger partial charge in [0.05, 0.1) is 36.8 Å². The van der Waals surface area contributed by atoms with Crippen LogP contribution in [0.5, 0.6) is 0 Å². The Bertz CT molecular complexity index is 552. The molecule has 1 aliphatic heterocycles. The molecule has 0 aliphatic carbocycles. The van der Waals surface area contributed by atoms with Crippen LogP contribution >= 0.6 is 0 Å². The summed E-state index contributed by atoms with van der Waals surface area (Å²) in [6, 6.07) is 7.93. The molecule has 1 aliphatic rings. The molecule has 3 N–H and O–H groups in total. The van der Waals surface area contributed by atoms with Crippen LogP contribution in [0.4, 0.5) is 0 Å². The summed E-state index contributed by atoms with van der Waals surface area (Å²) >= 11 is 0. The zero-order valence-electron chi connectivity index (χ0n) is 10.1. The van der Waals surface area contributed by atoms with E-state index in [1.54, 1.807) is 0 Å². The van der Waals surface area contributed by atoms with Crippen LogP contribution < -0.4 is 5.73 Å². The second-order valence-electron chi connectivity index (χ2n) is 4.64. The quantitative estimate of drug-likeness (QED) is 0.827. The van der Waals surface area contributed by atoms with Crippen LogP contribution in [0.15, 0.2) is 24.3 Å². The summed E-state index contributed by atoms with van der Waals surface area (Å²) in [5, 5.41) is 9.22. The van der Waals surface area contributed by atoms with Gasteiger partial charge in [-0.15, -0.1) is 0 Å². The summed E-state index contributed by atoms with van der Waals surface area (Å²) < 4.78 is 7.46. The van der Waals surface area contributed by atoms with Gasteiger partial charge in [-0.3, -0.25) is 0 Å². The predicted octanol–water partition coefficient (Wildman–Crippen LogP) is 0.470. The number of hydrogen-bond acceptors (Lipinski definition) is 4. The van der Waals surface area contributed by atoms with Crippen molar-refractivity contribution in [3.8, 4) is 0 Å². The van der Waals surface area contributed by atoms with Crippen molar-refractivity contribution in [2.75, 3.05) is 19.8 Å². The maximum Gasteiger partial charge on any atom is 0.117 e. The fraction of sp³-hybridized carbons (Fsp3) is 0.462. The number of nitrogens with two attached hydrogens (primary N) is 1. The summed E-state index contributed by atoms with van der Waals surface area (Å²) in [6.45, 7) is 1.82. The van der Waals surface area contributed by atoms with Crippen molar-refractivity contribution < 1.29 is 9.84 Å². The van der Waals surface area contributed by atoms with E-state index in [-0.39, 0.29) is 18.6 Å². The average Bonchev–Trinajstić information content (AvgIpc) is 2.94. The topological polar surface area (TPSA) is 73.3 Å². The third kappa shape index (κ3) is 1.80. The van der Waals surface area contributed by atoms with E-state index in [1.807, 2.05) is 24.3 Å². The van der Waals surface area contributed by atoms with Gasteiger partial charge in [0.2, 0.25) is 0 Å². The van der Waals surface area contributed by atoms with Gasteiger partial charge in [0, 0.05) is 12.6 Å². The molecule has 0 spiro atoms. The molecule has 1 fully saturated rings. The second-order valence-corrected chi connectivity index (χ2v) is 4.64. The number of nitrogens with zero attached hydrogens (tertiary/aromatic N) is 2. The standard InChI is InChI=1S/C13H17N3O2/c14-10-8-18-7-9(10)13-15-11-3-1-2-4-12(11)16(13)5-6-17/h1-4,9-10,17H,5-8,14H2. The number of imidazole rings is 1. The maximum absolute atomic E-state index is 9.22. The van der Waals surface area contributed by atoms with Crippen molar-refractivity contribution in [1.29, 1.82) is 0 Å². The number of benzene rings is 1. The monoisotopic (exact) mass is 247 g/mol. The van der Waals surface area contributed by atoms with Crippen molar-refractivity contribution in [2.45, 2.75) is 18.5 Å². The molecule has 1 aromatic carbocycles. The molecular formula is C13H17N3O2. The van der Waals surface area contributed by atoms with E-state index in [1.165, 1.54) is 0 Å². The van der Waals surface area contributed by atoms with Crippen LogP contribution in [0.25, 0.3) is 11.0 Å². The number of para-hydroxylation sites is 2. The van der Waals surface area contributed by atoms with Crippen LogP contribution in [0.3, 0.4) is 0 Å². The highest BCUT2D eigenvalue weighted by molar-refractivity contribution is 5.76. The van der Waals surface area contributed by atoms with Crippen molar-refractivity contribution >= 4 is 11.0 Å². The number of rotatable bonds is 3. The first-order chi connectivity index (χ1) is 8.81. The maximum atomic E-state index is 9.22. The Morgan fingerprint density at radius 2 is 2.22 bits per heavy atom. The van der Waals surface area contributed by atoms with E-state index in [0.29, 0.717) is 19.8 Å². The molecule has 3 rings (SSSR count). The van der Waals surface area contributed by atoms with Gasteiger partial charge in [-0.1, -0.05) is 12.1 Å². The van der Waals surface area contributed by atoms with Gasteiger partial charge in [-0.2, -0.15) is 0 Å². The van der Waals surface area contributed by atoms with Gasteiger partial charge >= 0.3 is 0 Å². The number of fused-ring (bicyclic) bond motifs is 1. The average molecular weight is 247 g/mol. The van der Waals surface area contributed by atoms with E-state index in [2.05, 4.69) is 9.55 Å². The molecule has 5 nitrogen and oxygen atoms in total. The van der Waals surface area contributed by atoms with Crippen molar-refractivity contribution in [1.82, 2.24) is 9.55 Å². The number of aliphatic hydroxyl groups is 1. The minimum Gasteiger partial charge on any atom is -0.395 e. The Morgan fingerprint density at radius 3 is 2.94 bits per heavy atom. The van der Waals surface area contributed by atoms with Gasteiger partial charge in [-0.25, -0.2) is 4.98 Å². The molecule has 18 heavy (non-hydrogen) atoms. The minimum absolute atomic E-state index is 0.0146. The van der Waals surface area contributed by atoms with Crippen molar-refractivity contribution in [2.24, 2.45) is 5.73 Å². The summed E-state index contributed by atoms with van der Waals surface area (Å²) in [6.07, 6.45) is 0. The zero-order chi connectivity index (χ0) is 12.5. The first-order valence-electron chi connectivity index (χ1n) is 6.20. The smallest absolute Gasteiger partial charge is 0.117 e. The number of hydrogen-bond donors (Lipinski definition) is 2. The summed E-state index contributed by atoms with van der Waals surface area (Å²) in [5.74, 6) is 1.04. The SMILES string of the molecule is NC1COCC1c1nc2ccccc2n1CCO. The molecule has 96 valence electrons. The van der Waals surface area contributed by atoms with Crippen LogP contribution in [0, 0.1) is 0 Å². The Kier molecular flexibility index (Phi) is 3.03. The van der Waals surface area contributed by atoms with Crippen molar-refractivity contribution in [3.63, 3.8) is 0 Å². The first-order valence-corrected chi connectivity index (χ1v) is 6.20. The fourth-order valence-corrected chi connectivity index (χ4v) is 2.55. The highest BCUT2D eigenvalue weighted by Gasteiger charge is 2.30. The van der Waals surface area contributed by atoms with Gasteiger partial charge < -0.3 is 20.1 Å². The lowest BCUT2D eigenvalue weighted by Crippen LogP contribution is -2.29. The predicted molar refractivity (Wildman–Crippen MR) is 68.4 cm³/mol. The molecule has 2 unspecified atom stereocenters. The number of aromatic nitrogens is 2. The van der Waals surface area contributed by atoms with E-state index in [0.717, 1.165) is 16.9 Å². The van der Waals surface area contributed by atoms with Crippen LogP contribution in [0.1, 0.15) is 11.7 Å². The lowest BCUT2D eigenvalue weighted by atomic mass is 10.0. The molecule has 0 radical (unpaired) electrons. The van der Waals surface area contributed by atoms with Gasteiger partial charge in [0.1, 0.15) is 5.82 Å². The van der Waals surface area contributed by atoms with Gasteiger partial charge in [0.15, 0.2) is 0 Å². The minimum atomic E-state index is -0.0146.